The Labute approximate surface area is 228 Å². The van der Waals surface area contributed by atoms with Gasteiger partial charge in [-0.25, -0.2) is 0 Å². The number of aryl methyl sites for hydroxylation is 3. The number of hydrogen-bond donors (Lipinski definition) is 0. The Bertz CT molecular complexity index is 888. The van der Waals surface area contributed by atoms with Gasteiger partial charge in [-0.15, -0.1) is 0 Å². The first-order valence-electron chi connectivity index (χ1n) is 15.3. The Morgan fingerprint density at radius 2 is 0.676 bits per heavy atom. The number of unbranched alkanes of at least 4 members (excludes halogenated alkanes) is 9. The van der Waals surface area contributed by atoms with Crippen molar-refractivity contribution in [1.29, 1.82) is 0 Å². The van der Waals surface area contributed by atoms with Gasteiger partial charge in [0.05, 0.1) is 0 Å². The normalized spacial score (nSPS) is 11.1. The van der Waals surface area contributed by atoms with E-state index in [9.17, 15) is 0 Å². The van der Waals surface area contributed by atoms with Crippen LogP contribution < -0.4 is 4.90 Å². The van der Waals surface area contributed by atoms with E-state index in [-0.39, 0.29) is 0 Å². The highest BCUT2D eigenvalue weighted by atomic mass is 15.1. The lowest BCUT2D eigenvalue weighted by molar-refractivity contribution is 0.664. The van der Waals surface area contributed by atoms with Crippen molar-refractivity contribution in [2.45, 2.75) is 117 Å². The summed E-state index contributed by atoms with van der Waals surface area (Å²) in [6.45, 7) is 6.89. The Morgan fingerprint density at radius 3 is 0.973 bits per heavy atom. The summed E-state index contributed by atoms with van der Waals surface area (Å²) in [4.78, 5) is 2.61. The predicted octanol–water partition coefficient (Wildman–Crippen LogP) is 11.5. The molecule has 0 radical (unpaired) electrons. The molecule has 0 heterocycles. The van der Waals surface area contributed by atoms with E-state index in [0.717, 1.165) is 19.3 Å². The van der Waals surface area contributed by atoms with Gasteiger partial charge in [0.2, 0.25) is 0 Å². The molecule has 200 valence electrons. The van der Waals surface area contributed by atoms with Crippen molar-refractivity contribution in [3.63, 3.8) is 0 Å². The van der Waals surface area contributed by atoms with Crippen LogP contribution in [0.1, 0.15) is 115 Å². The highest BCUT2D eigenvalue weighted by Crippen LogP contribution is 2.41. The average Bonchev–Trinajstić information content (AvgIpc) is 2.94. The average molecular weight is 498 g/mol. The highest BCUT2D eigenvalue weighted by Gasteiger charge is 2.20. The van der Waals surface area contributed by atoms with Crippen LogP contribution in [-0.4, -0.2) is 0 Å². The van der Waals surface area contributed by atoms with Crippen molar-refractivity contribution < 1.29 is 0 Å². The largest absolute Gasteiger partial charge is 0.310 e. The van der Waals surface area contributed by atoms with Crippen LogP contribution >= 0.6 is 0 Å². The fourth-order valence-corrected chi connectivity index (χ4v) is 5.44. The second kappa shape index (κ2) is 17.1. The first-order valence-corrected chi connectivity index (χ1v) is 15.3. The van der Waals surface area contributed by atoms with Crippen LogP contribution in [0.4, 0.5) is 17.1 Å². The molecule has 0 N–H and O–H groups in total. The molecule has 0 amide bonds. The van der Waals surface area contributed by atoms with E-state index in [0.29, 0.717) is 0 Å². The smallest absolute Gasteiger partial charge is 0.0493 e. The molecule has 0 aliphatic rings. The summed E-state index contributed by atoms with van der Waals surface area (Å²) in [7, 11) is 0. The second-order valence-corrected chi connectivity index (χ2v) is 10.7. The third-order valence-electron chi connectivity index (χ3n) is 7.60. The maximum absolute atomic E-state index is 2.61. The third kappa shape index (κ3) is 9.06. The molecule has 0 bridgehead atoms. The lowest BCUT2D eigenvalue weighted by Gasteiger charge is -2.31. The summed E-state index contributed by atoms with van der Waals surface area (Å²) in [6.07, 6.45) is 19.0. The molecule has 0 saturated heterocycles. The lowest BCUT2D eigenvalue weighted by atomic mass is 9.98. The minimum absolute atomic E-state index is 1.14. The molecule has 0 aromatic heterocycles. The molecule has 1 heteroatoms. The fraction of sp³-hybridized carbons (Fsp3) is 0.500. The Hall–Kier alpha value is -2.54. The topological polar surface area (TPSA) is 3.24 Å². The maximum Gasteiger partial charge on any atom is 0.0493 e. The van der Waals surface area contributed by atoms with E-state index >= 15 is 0 Å². The SMILES string of the molecule is CCCCCCc1ccccc1N(c1ccccc1CCCCCC)c1ccccc1CCCCCC. The van der Waals surface area contributed by atoms with Gasteiger partial charge in [0.25, 0.3) is 0 Å². The quantitative estimate of drug-likeness (QED) is 0.158. The van der Waals surface area contributed by atoms with Gasteiger partial charge in [-0.1, -0.05) is 133 Å². The first kappa shape index (κ1) is 29.0. The standard InChI is InChI=1S/C36H51N/c1-4-7-10-13-22-31-25-16-19-28-34(31)37(35-29-20-17-26-32(35)23-14-11-8-5-2)36-30-21-18-27-33(36)24-15-12-9-6-3/h16-21,25-30H,4-15,22-24H2,1-3H3. The minimum Gasteiger partial charge on any atom is -0.310 e. The summed E-state index contributed by atoms with van der Waals surface area (Å²) in [5, 5.41) is 0. The van der Waals surface area contributed by atoms with Gasteiger partial charge in [0, 0.05) is 17.1 Å². The van der Waals surface area contributed by atoms with Crippen molar-refractivity contribution >= 4 is 17.1 Å². The number of anilines is 3. The van der Waals surface area contributed by atoms with Crippen LogP contribution in [0, 0.1) is 0 Å². The molecule has 37 heavy (non-hydrogen) atoms. The molecule has 1 nitrogen and oxygen atoms in total. The van der Waals surface area contributed by atoms with Crippen molar-refractivity contribution in [1.82, 2.24) is 0 Å². The predicted molar refractivity (Wildman–Crippen MR) is 165 cm³/mol. The van der Waals surface area contributed by atoms with Gasteiger partial charge < -0.3 is 4.90 Å². The molecule has 0 atom stereocenters. The van der Waals surface area contributed by atoms with Crippen molar-refractivity contribution in [3.05, 3.63) is 89.5 Å². The van der Waals surface area contributed by atoms with Crippen LogP contribution in [0.15, 0.2) is 72.8 Å². The molecule has 0 fully saturated rings. The van der Waals surface area contributed by atoms with Gasteiger partial charge in [-0.2, -0.15) is 0 Å². The zero-order valence-electron chi connectivity index (χ0n) is 24.0. The van der Waals surface area contributed by atoms with E-state index in [4.69, 9.17) is 0 Å². The van der Waals surface area contributed by atoms with Gasteiger partial charge in [0.1, 0.15) is 0 Å². The van der Waals surface area contributed by atoms with Gasteiger partial charge in [-0.3, -0.25) is 0 Å². The van der Waals surface area contributed by atoms with E-state index in [1.54, 1.807) is 0 Å². The number of hydrogen-bond acceptors (Lipinski definition) is 1. The van der Waals surface area contributed by atoms with E-state index in [1.807, 2.05) is 0 Å². The Balaban J connectivity index is 2.04. The number of rotatable bonds is 18. The van der Waals surface area contributed by atoms with E-state index in [1.165, 1.54) is 111 Å². The summed E-state index contributed by atoms with van der Waals surface area (Å²) in [6, 6.07) is 27.5. The lowest BCUT2D eigenvalue weighted by Crippen LogP contribution is -2.16. The summed E-state index contributed by atoms with van der Waals surface area (Å²) in [5.74, 6) is 0. The fourth-order valence-electron chi connectivity index (χ4n) is 5.44. The van der Waals surface area contributed by atoms with Crippen LogP contribution in [0.2, 0.25) is 0 Å². The number of benzene rings is 3. The Morgan fingerprint density at radius 1 is 0.378 bits per heavy atom. The van der Waals surface area contributed by atoms with E-state index in [2.05, 4.69) is 98.5 Å². The van der Waals surface area contributed by atoms with Crippen molar-refractivity contribution in [2.75, 3.05) is 4.90 Å². The minimum atomic E-state index is 1.14. The molecular weight excluding hydrogens is 446 g/mol. The first-order chi connectivity index (χ1) is 18.3. The molecule has 0 unspecified atom stereocenters. The zero-order chi connectivity index (χ0) is 26.1. The van der Waals surface area contributed by atoms with Crippen LogP contribution in [-0.2, 0) is 19.3 Å². The van der Waals surface area contributed by atoms with Gasteiger partial charge in [0.15, 0.2) is 0 Å². The van der Waals surface area contributed by atoms with Crippen LogP contribution in [0.25, 0.3) is 0 Å². The van der Waals surface area contributed by atoms with E-state index < -0.39 is 0 Å². The molecule has 3 rings (SSSR count). The number of nitrogens with zero attached hydrogens (tertiary/aromatic N) is 1. The molecular formula is C36H51N. The third-order valence-corrected chi connectivity index (χ3v) is 7.60. The summed E-state index contributed by atoms with van der Waals surface area (Å²) >= 11 is 0. The van der Waals surface area contributed by atoms with Crippen molar-refractivity contribution in [2.24, 2.45) is 0 Å². The molecule has 0 spiro atoms. The molecule has 3 aromatic carbocycles. The van der Waals surface area contributed by atoms with Crippen molar-refractivity contribution in [3.8, 4) is 0 Å². The molecule has 0 aliphatic heterocycles. The summed E-state index contributed by atoms with van der Waals surface area (Å²) in [5.41, 5.74) is 8.50. The van der Waals surface area contributed by atoms with Crippen LogP contribution in [0.5, 0.6) is 0 Å². The maximum atomic E-state index is 2.61. The molecule has 0 saturated carbocycles. The summed E-state index contributed by atoms with van der Waals surface area (Å²) < 4.78 is 0. The molecule has 0 aliphatic carbocycles. The highest BCUT2D eigenvalue weighted by molar-refractivity contribution is 5.81. The monoisotopic (exact) mass is 497 g/mol. The van der Waals surface area contributed by atoms with Gasteiger partial charge >= 0.3 is 0 Å². The number of para-hydroxylation sites is 3. The second-order valence-electron chi connectivity index (χ2n) is 10.7. The van der Waals surface area contributed by atoms with Crippen LogP contribution in [0.3, 0.4) is 0 Å². The Kier molecular flexibility index (Phi) is 13.4. The molecule has 3 aromatic rings. The zero-order valence-corrected chi connectivity index (χ0v) is 24.0. The van der Waals surface area contributed by atoms with Gasteiger partial charge in [-0.05, 0) is 73.4 Å².